The number of hydrogen-bond acceptors (Lipinski definition) is 3. The van der Waals surface area contributed by atoms with E-state index in [4.69, 9.17) is 4.98 Å². The quantitative estimate of drug-likeness (QED) is 0.705. The van der Waals surface area contributed by atoms with Crippen LogP contribution in [0.3, 0.4) is 0 Å². The second kappa shape index (κ2) is 6.01. The molecule has 0 unspecified atom stereocenters. The van der Waals surface area contributed by atoms with E-state index >= 15 is 0 Å². The lowest BCUT2D eigenvalue weighted by atomic mass is 9.97. The van der Waals surface area contributed by atoms with Gasteiger partial charge in [0.1, 0.15) is 5.82 Å². The van der Waals surface area contributed by atoms with Gasteiger partial charge >= 0.3 is 5.69 Å². The minimum absolute atomic E-state index is 0.00128. The number of hydrogen-bond donors (Lipinski definition) is 0. The van der Waals surface area contributed by atoms with E-state index < -0.39 is 0 Å². The Kier molecular flexibility index (Phi) is 3.90. The lowest BCUT2D eigenvalue weighted by molar-refractivity contribution is 0.342. The van der Waals surface area contributed by atoms with Crippen molar-refractivity contribution in [1.82, 2.24) is 14.1 Å². The van der Waals surface area contributed by atoms with Gasteiger partial charge in [-0.2, -0.15) is 0 Å². The zero-order chi connectivity index (χ0) is 18.5. The smallest absolute Gasteiger partial charge is 0.326 e. The van der Waals surface area contributed by atoms with Gasteiger partial charge in [0.15, 0.2) is 5.65 Å². The highest BCUT2D eigenvalue weighted by Gasteiger charge is 2.22. The summed E-state index contributed by atoms with van der Waals surface area (Å²) in [6.07, 6.45) is 2.22. The molecule has 0 atom stereocenters. The molecule has 1 aromatic carbocycles. The molecule has 1 aliphatic heterocycles. The van der Waals surface area contributed by atoms with Gasteiger partial charge in [0.05, 0.1) is 5.52 Å². The third kappa shape index (κ3) is 2.81. The van der Waals surface area contributed by atoms with Gasteiger partial charge in [-0.1, -0.05) is 39.0 Å². The first-order chi connectivity index (χ1) is 12.3. The SMILES string of the molecule is Cn1c(=O)n(CC(C)(C)C)c2ccc(N3CCCc4ccccc43)nc21. The van der Waals surface area contributed by atoms with Crippen molar-refractivity contribution in [2.24, 2.45) is 12.5 Å². The first kappa shape index (κ1) is 16.9. The van der Waals surface area contributed by atoms with Gasteiger partial charge < -0.3 is 4.90 Å². The molecule has 0 saturated carbocycles. The molecular weight excluding hydrogens is 324 g/mol. The van der Waals surface area contributed by atoms with Crippen LogP contribution in [0.5, 0.6) is 0 Å². The minimum atomic E-state index is -0.00128. The van der Waals surface area contributed by atoms with E-state index in [2.05, 4.69) is 49.9 Å². The number of benzene rings is 1. The topological polar surface area (TPSA) is 43.1 Å². The van der Waals surface area contributed by atoms with Crippen LogP contribution in [0.2, 0.25) is 0 Å². The van der Waals surface area contributed by atoms with Crippen LogP contribution >= 0.6 is 0 Å². The number of anilines is 2. The van der Waals surface area contributed by atoms with Crippen LogP contribution in [-0.2, 0) is 20.0 Å². The van der Waals surface area contributed by atoms with Crippen LogP contribution < -0.4 is 10.6 Å². The number of pyridine rings is 1. The first-order valence-corrected chi connectivity index (χ1v) is 9.27. The highest BCUT2D eigenvalue weighted by molar-refractivity contribution is 5.76. The van der Waals surface area contributed by atoms with Crippen LogP contribution in [0.1, 0.15) is 32.8 Å². The summed E-state index contributed by atoms with van der Waals surface area (Å²) in [4.78, 5) is 19.9. The Morgan fingerprint density at radius 2 is 1.88 bits per heavy atom. The summed E-state index contributed by atoms with van der Waals surface area (Å²) in [6.45, 7) is 8.06. The van der Waals surface area contributed by atoms with Crippen molar-refractivity contribution in [2.45, 2.75) is 40.2 Å². The van der Waals surface area contributed by atoms with E-state index in [9.17, 15) is 4.79 Å². The maximum Gasteiger partial charge on any atom is 0.330 e. The molecule has 0 radical (unpaired) electrons. The summed E-state index contributed by atoms with van der Waals surface area (Å²) in [5.74, 6) is 0.910. The molecule has 0 bridgehead atoms. The zero-order valence-electron chi connectivity index (χ0n) is 16.0. The Morgan fingerprint density at radius 3 is 2.65 bits per heavy atom. The van der Waals surface area contributed by atoms with Crippen molar-refractivity contribution in [3.05, 3.63) is 52.4 Å². The number of aromatic nitrogens is 3. The summed E-state index contributed by atoms with van der Waals surface area (Å²) < 4.78 is 3.51. The van der Waals surface area contributed by atoms with E-state index in [1.165, 1.54) is 11.3 Å². The fourth-order valence-electron chi connectivity index (χ4n) is 3.81. The van der Waals surface area contributed by atoms with E-state index in [0.717, 1.165) is 36.4 Å². The monoisotopic (exact) mass is 350 g/mol. The molecule has 0 N–H and O–H groups in total. The molecule has 4 rings (SSSR count). The fraction of sp³-hybridized carbons (Fsp3) is 0.429. The van der Waals surface area contributed by atoms with Crippen molar-refractivity contribution in [3.8, 4) is 0 Å². The largest absolute Gasteiger partial charge is 0.330 e. The maximum absolute atomic E-state index is 12.7. The Bertz CT molecular complexity index is 1020. The summed E-state index contributed by atoms with van der Waals surface area (Å²) in [7, 11) is 1.81. The second-order valence-corrected chi connectivity index (χ2v) is 8.38. The minimum Gasteiger partial charge on any atom is -0.326 e. The zero-order valence-corrected chi connectivity index (χ0v) is 16.0. The predicted molar refractivity (Wildman–Crippen MR) is 106 cm³/mol. The Balaban J connectivity index is 1.83. The number of para-hydroxylation sites is 1. The number of fused-ring (bicyclic) bond motifs is 2. The Hall–Kier alpha value is -2.56. The highest BCUT2D eigenvalue weighted by atomic mass is 16.1. The van der Waals surface area contributed by atoms with Crippen molar-refractivity contribution >= 4 is 22.7 Å². The molecule has 1 aliphatic rings. The van der Waals surface area contributed by atoms with Crippen LogP contribution in [0, 0.1) is 5.41 Å². The van der Waals surface area contributed by atoms with Gasteiger partial charge in [-0.3, -0.25) is 9.13 Å². The van der Waals surface area contributed by atoms with Crippen molar-refractivity contribution < 1.29 is 0 Å². The molecule has 2 aromatic heterocycles. The number of aryl methyl sites for hydroxylation is 2. The van der Waals surface area contributed by atoms with E-state index in [0.29, 0.717) is 6.54 Å². The van der Waals surface area contributed by atoms with Gasteiger partial charge in [0.25, 0.3) is 0 Å². The second-order valence-electron chi connectivity index (χ2n) is 8.38. The molecule has 0 aliphatic carbocycles. The van der Waals surface area contributed by atoms with Gasteiger partial charge in [-0.15, -0.1) is 0 Å². The Morgan fingerprint density at radius 1 is 1.12 bits per heavy atom. The molecule has 136 valence electrons. The number of imidazole rings is 1. The molecule has 26 heavy (non-hydrogen) atoms. The molecule has 5 nitrogen and oxygen atoms in total. The third-order valence-electron chi connectivity index (χ3n) is 4.99. The maximum atomic E-state index is 12.7. The first-order valence-electron chi connectivity index (χ1n) is 9.27. The molecule has 0 fully saturated rings. The van der Waals surface area contributed by atoms with Gasteiger partial charge in [0.2, 0.25) is 0 Å². The van der Waals surface area contributed by atoms with Crippen LogP contribution in [0.4, 0.5) is 11.5 Å². The molecule has 3 heterocycles. The number of nitrogens with zero attached hydrogens (tertiary/aromatic N) is 4. The molecular formula is C21H26N4O. The molecule has 0 amide bonds. The van der Waals surface area contributed by atoms with Crippen LogP contribution in [0.15, 0.2) is 41.2 Å². The Labute approximate surface area is 153 Å². The fourth-order valence-corrected chi connectivity index (χ4v) is 3.81. The summed E-state index contributed by atoms with van der Waals surface area (Å²) in [6, 6.07) is 12.6. The van der Waals surface area contributed by atoms with Crippen molar-refractivity contribution in [2.75, 3.05) is 11.4 Å². The average molecular weight is 350 g/mol. The summed E-state index contributed by atoms with van der Waals surface area (Å²) >= 11 is 0. The lowest BCUT2D eigenvalue weighted by Gasteiger charge is -2.30. The third-order valence-corrected chi connectivity index (χ3v) is 4.99. The lowest BCUT2D eigenvalue weighted by Crippen LogP contribution is -2.27. The molecule has 0 spiro atoms. The molecule has 5 heteroatoms. The highest BCUT2D eigenvalue weighted by Crippen LogP contribution is 2.33. The average Bonchev–Trinajstić information content (AvgIpc) is 2.84. The molecule has 3 aromatic rings. The van der Waals surface area contributed by atoms with Crippen molar-refractivity contribution in [3.63, 3.8) is 0 Å². The van der Waals surface area contributed by atoms with E-state index in [1.54, 1.807) is 4.57 Å². The van der Waals surface area contributed by atoms with E-state index in [-0.39, 0.29) is 11.1 Å². The van der Waals surface area contributed by atoms with Gasteiger partial charge in [-0.05, 0) is 42.0 Å². The normalized spacial score (nSPS) is 14.7. The van der Waals surface area contributed by atoms with Gasteiger partial charge in [-0.25, -0.2) is 9.78 Å². The summed E-state index contributed by atoms with van der Waals surface area (Å²) in [5.41, 5.74) is 4.27. The molecule has 0 saturated heterocycles. The van der Waals surface area contributed by atoms with Gasteiger partial charge in [0, 0.05) is 25.8 Å². The van der Waals surface area contributed by atoms with Crippen molar-refractivity contribution in [1.29, 1.82) is 0 Å². The number of rotatable bonds is 2. The van der Waals surface area contributed by atoms with E-state index in [1.807, 2.05) is 23.7 Å². The summed E-state index contributed by atoms with van der Waals surface area (Å²) in [5, 5.41) is 0. The van der Waals surface area contributed by atoms with Crippen LogP contribution in [0.25, 0.3) is 11.2 Å². The predicted octanol–water partition coefficient (Wildman–Crippen LogP) is 3.87. The van der Waals surface area contributed by atoms with Crippen LogP contribution in [-0.4, -0.2) is 20.7 Å². The standard InChI is InChI=1S/C21H26N4O/c1-21(2,3)14-25-17-11-12-18(22-19(17)23(4)20(25)26)24-13-7-9-15-8-5-6-10-16(15)24/h5-6,8,10-12H,7,9,13-14H2,1-4H3.